The van der Waals surface area contributed by atoms with E-state index < -0.39 is 0 Å². The van der Waals surface area contributed by atoms with E-state index in [9.17, 15) is 0 Å². The third-order valence-corrected chi connectivity index (χ3v) is 3.73. The first-order valence-corrected chi connectivity index (χ1v) is 8.63. The van der Waals surface area contributed by atoms with Gasteiger partial charge in [0, 0.05) is 30.9 Å². The molecular formula is C18H30N3O+. The van der Waals surface area contributed by atoms with Crippen molar-refractivity contribution in [2.45, 2.75) is 59.3 Å². The molecule has 1 aromatic rings. The van der Waals surface area contributed by atoms with Gasteiger partial charge in [-0.3, -0.25) is 0 Å². The van der Waals surface area contributed by atoms with E-state index in [1.165, 1.54) is 25.7 Å². The van der Waals surface area contributed by atoms with Crippen molar-refractivity contribution in [1.29, 1.82) is 5.39 Å². The van der Waals surface area contributed by atoms with Gasteiger partial charge in [0.15, 0.2) is 4.98 Å². The van der Waals surface area contributed by atoms with Crippen molar-refractivity contribution in [3.63, 3.8) is 0 Å². The first-order valence-electron chi connectivity index (χ1n) is 8.63. The Balaban J connectivity index is 2.89. The molecule has 0 aliphatic rings. The Labute approximate surface area is 135 Å². The molecule has 0 atom stereocenters. The average Bonchev–Trinajstić information content (AvgIpc) is 2.55. The average molecular weight is 304 g/mol. The second-order valence-electron chi connectivity index (χ2n) is 5.65. The van der Waals surface area contributed by atoms with E-state index in [0.717, 1.165) is 31.6 Å². The smallest absolute Gasteiger partial charge is 0.426 e. The summed E-state index contributed by atoms with van der Waals surface area (Å²) in [5.74, 6) is 0.673. The zero-order valence-corrected chi connectivity index (χ0v) is 14.3. The van der Waals surface area contributed by atoms with E-state index in [4.69, 9.17) is 10.1 Å². The van der Waals surface area contributed by atoms with E-state index in [1.54, 1.807) is 0 Å². The van der Waals surface area contributed by atoms with Crippen LogP contribution >= 0.6 is 0 Å². The molecule has 0 saturated carbocycles. The Morgan fingerprint density at radius 1 is 1.00 bits per heavy atom. The zero-order valence-electron chi connectivity index (χ0n) is 14.3. The third-order valence-electron chi connectivity index (χ3n) is 3.73. The summed E-state index contributed by atoms with van der Waals surface area (Å²) in [6.07, 6.45) is 6.83. The highest BCUT2D eigenvalue weighted by Crippen LogP contribution is 2.32. The quantitative estimate of drug-likeness (QED) is 0.385. The Morgan fingerprint density at radius 2 is 1.64 bits per heavy atom. The predicted molar refractivity (Wildman–Crippen MR) is 93.6 cm³/mol. The molecule has 0 aliphatic heterocycles. The van der Waals surface area contributed by atoms with Crippen molar-refractivity contribution in [2.75, 3.05) is 24.6 Å². The molecule has 0 fully saturated rings. The van der Waals surface area contributed by atoms with Crippen molar-refractivity contribution in [3.8, 4) is 5.75 Å². The maximum Gasteiger partial charge on any atom is 0.426 e. The van der Waals surface area contributed by atoms with Crippen LogP contribution in [0.15, 0.2) is 18.2 Å². The minimum Gasteiger partial charge on any atom is -0.486 e. The Morgan fingerprint density at radius 3 is 2.18 bits per heavy atom. The fourth-order valence-electron chi connectivity index (χ4n) is 2.29. The Bertz CT molecular complexity index is 460. The summed E-state index contributed by atoms with van der Waals surface area (Å²) < 4.78 is 5.79. The molecule has 0 heterocycles. The molecule has 0 spiro atoms. The van der Waals surface area contributed by atoms with E-state index in [1.807, 2.05) is 18.2 Å². The van der Waals surface area contributed by atoms with Crippen LogP contribution in [0.2, 0.25) is 0 Å². The van der Waals surface area contributed by atoms with E-state index in [0.29, 0.717) is 18.0 Å². The van der Waals surface area contributed by atoms with Gasteiger partial charge in [-0.2, -0.15) is 0 Å². The van der Waals surface area contributed by atoms with Gasteiger partial charge in [0.2, 0.25) is 11.1 Å². The lowest BCUT2D eigenvalue weighted by molar-refractivity contribution is 0.311. The number of ether oxygens (including phenoxy) is 1. The molecule has 0 aliphatic carbocycles. The van der Waals surface area contributed by atoms with Gasteiger partial charge in [-0.25, -0.2) is 0 Å². The van der Waals surface area contributed by atoms with Gasteiger partial charge in [-0.1, -0.05) is 40.0 Å². The maximum absolute atomic E-state index is 9.12. The molecule has 4 nitrogen and oxygen atoms in total. The van der Waals surface area contributed by atoms with Crippen molar-refractivity contribution in [1.82, 2.24) is 0 Å². The fraction of sp³-hybridized carbons (Fsp3) is 0.667. The van der Waals surface area contributed by atoms with Crippen LogP contribution in [0.5, 0.6) is 5.75 Å². The summed E-state index contributed by atoms with van der Waals surface area (Å²) in [6.45, 7) is 9.33. The van der Waals surface area contributed by atoms with Gasteiger partial charge < -0.3 is 9.64 Å². The third kappa shape index (κ3) is 5.93. The molecule has 122 valence electrons. The molecule has 0 saturated heterocycles. The molecule has 0 bridgehead atoms. The summed E-state index contributed by atoms with van der Waals surface area (Å²) in [7, 11) is 0. The predicted octanol–water partition coefficient (Wildman–Crippen LogP) is 5.76. The second kappa shape index (κ2) is 10.9. The molecule has 0 N–H and O–H groups in total. The second-order valence-corrected chi connectivity index (χ2v) is 5.65. The minimum atomic E-state index is 0.505. The summed E-state index contributed by atoms with van der Waals surface area (Å²) in [5, 5.41) is 9.12. The van der Waals surface area contributed by atoms with Crippen LogP contribution in [-0.4, -0.2) is 19.7 Å². The molecule has 0 unspecified atom stereocenters. The summed E-state index contributed by atoms with van der Waals surface area (Å²) in [6, 6.07) is 5.87. The highest BCUT2D eigenvalue weighted by Gasteiger charge is 2.18. The maximum atomic E-state index is 9.12. The van der Waals surface area contributed by atoms with Gasteiger partial charge in [0.25, 0.3) is 0 Å². The number of anilines is 1. The minimum absolute atomic E-state index is 0.505. The topological polar surface area (TPSA) is 40.6 Å². The molecule has 0 radical (unpaired) electrons. The Hall–Kier alpha value is -1.76. The number of rotatable bonds is 11. The van der Waals surface area contributed by atoms with E-state index in [2.05, 4.69) is 30.6 Å². The van der Waals surface area contributed by atoms with Crippen molar-refractivity contribution in [2.24, 2.45) is 0 Å². The lowest BCUT2D eigenvalue weighted by Crippen LogP contribution is -2.25. The monoisotopic (exact) mass is 304 g/mol. The van der Waals surface area contributed by atoms with Crippen LogP contribution in [0.3, 0.4) is 0 Å². The summed E-state index contributed by atoms with van der Waals surface area (Å²) >= 11 is 0. The number of hydrogen-bond donors (Lipinski definition) is 0. The van der Waals surface area contributed by atoms with Gasteiger partial charge in [0.1, 0.15) is 0 Å². The SMILES string of the molecule is CCCCOc1cc(N(CCCC)CCCC)ccc1[N+]#N. The van der Waals surface area contributed by atoms with Crippen LogP contribution in [0.4, 0.5) is 11.4 Å². The first kappa shape index (κ1) is 18.3. The molecule has 22 heavy (non-hydrogen) atoms. The van der Waals surface area contributed by atoms with Crippen molar-refractivity contribution >= 4 is 11.4 Å². The zero-order chi connectivity index (χ0) is 16.2. The standard InChI is InChI=1S/C18H30N3O/c1-4-7-12-21(13-8-5-2)16-10-11-17(20-19)18(15-16)22-14-9-6-3/h10-11,15H,4-9,12-14H2,1-3H3/q+1. The van der Waals surface area contributed by atoms with Crippen LogP contribution in [0.1, 0.15) is 59.3 Å². The van der Waals surface area contributed by atoms with Gasteiger partial charge in [-0.05, 0) is 25.3 Å². The highest BCUT2D eigenvalue weighted by molar-refractivity contribution is 5.65. The molecular weight excluding hydrogens is 274 g/mol. The molecule has 1 rings (SSSR count). The van der Waals surface area contributed by atoms with Gasteiger partial charge >= 0.3 is 5.69 Å². The van der Waals surface area contributed by atoms with E-state index in [-0.39, 0.29) is 0 Å². The van der Waals surface area contributed by atoms with Gasteiger partial charge in [0.05, 0.1) is 6.61 Å². The first-order chi connectivity index (χ1) is 10.8. The van der Waals surface area contributed by atoms with Crippen molar-refractivity contribution in [3.05, 3.63) is 23.2 Å². The number of nitrogens with zero attached hydrogens (tertiary/aromatic N) is 3. The van der Waals surface area contributed by atoms with Gasteiger partial charge in [-0.15, -0.1) is 0 Å². The molecule has 1 aromatic carbocycles. The number of diazo groups is 1. The summed E-state index contributed by atoms with van der Waals surface area (Å²) in [5.41, 5.74) is 1.66. The number of benzene rings is 1. The molecule has 0 amide bonds. The fourth-order valence-corrected chi connectivity index (χ4v) is 2.29. The van der Waals surface area contributed by atoms with Crippen LogP contribution in [0.25, 0.3) is 4.98 Å². The van der Waals surface area contributed by atoms with Crippen LogP contribution in [0, 0.1) is 5.39 Å². The lowest BCUT2D eigenvalue weighted by atomic mass is 10.2. The molecule has 0 aromatic heterocycles. The Kier molecular flexibility index (Phi) is 9.06. The number of unbranched alkanes of at least 4 members (excludes halogenated alkanes) is 3. The van der Waals surface area contributed by atoms with Crippen molar-refractivity contribution < 1.29 is 4.74 Å². The van der Waals surface area contributed by atoms with Crippen LogP contribution in [-0.2, 0) is 0 Å². The van der Waals surface area contributed by atoms with E-state index >= 15 is 0 Å². The molecule has 4 heteroatoms. The largest absolute Gasteiger partial charge is 0.486 e. The van der Waals surface area contributed by atoms with Crippen LogP contribution < -0.4 is 9.64 Å². The number of hydrogen-bond acceptors (Lipinski definition) is 3. The highest BCUT2D eigenvalue weighted by atomic mass is 16.5. The summed E-state index contributed by atoms with van der Waals surface area (Å²) in [4.78, 5) is 5.73. The normalized spacial score (nSPS) is 10.3. The lowest BCUT2D eigenvalue weighted by Gasteiger charge is -2.24.